The summed E-state index contributed by atoms with van der Waals surface area (Å²) in [5.41, 5.74) is 3.09. The van der Waals surface area contributed by atoms with E-state index in [1.54, 1.807) is 6.07 Å². The SMILES string of the molecule is CCNC(=NCc1cccc(-c2ncn[nH]2)c1)NC(C)c1ccc(Cl)c(Cl)c1.I. The number of benzene rings is 2. The van der Waals surface area contributed by atoms with Gasteiger partial charge in [0, 0.05) is 12.1 Å². The number of halogens is 3. The third-order valence-electron chi connectivity index (χ3n) is 4.18. The Morgan fingerprint density at radius 3 is 2.69 bits per heavy atom. The average Bonchev–Trinajstić information content (AvgIpc) is 3.23. The van der Waals surface area contributed by atoms with Crippen molar-refractivity contribution in [2.45, 2.75) is 26.4 Å². The monoisotopic (exact) mass is 544 g/mol. The maximum Gasteiger partial charge on any atom is 0.192 e. The van der Waals surface area contributed by atoms with Crippen molar-refractivity contribution in [1.29, 1.82) is 0 Å². The minimum Gasteiger partial charge on any atom is -0.357 e. The van der Waals surface area contributed by atoms with Gasteiger partial charge in [0.15, 0.2) is 11.8 Å². The van der Waals surface area contributed by atoms with Crippen molar-refractivity contribution in [3.05, 3.63) is 70.0 Å². The van der Waals surface area contributed by atoms with Gasteiger partial charge in [-0.3, -0.25) is 5.10 Å². The Bertz CT molecular complexity index is 946. The van der Waals surface area contributed by atoms with Gasteiger partial charge in [-0.25, -0.2) is 9.98 Å². The number of hydrogen-bond donors (Lipinski definition) is 3. The van der Waals surface area contributed by atoms with Crippen molar-refractivity contribution < 1.29 is 0 Å². The van der Waals surface area contributed by atoms with E-state index in [9.17, 15) is 0 Å². The summed E-state index contributed by atoms with van der Waals surface area (Å²) in [5, 5.41) is 14.5. The summed E-state index contributed by atoms with van der Waals surface area (Å²) < 4.78 is 0. The molecule has 0 aliphatic heterocycles. The summed E-state index contributed by atoms with van der Waals surface area (Å²) in [6.07, 6.45) is 1.50. The smallest absolute Gasteiger partial charge is 0.192 e. The lowest BCUT2D eigenvalue weighted by Gasteiger charge is -2.18. The molecule has 0 saturated carbocycles. The summed E-state index contributed by atoms with van der Waals surface area (Å²) in [4.78, 5) is 8.89. The zero-order valence-corrected chi connectivity index (χ0v) is 20.0. The van der Waals surface area contributed by atoms with E-state index in [1.807, 2.05) is 37.3 Å². The van der Waals surface area contributed by atoms with Crippen LogP contribution in [0, 0.1) is 0 Å². The van der Waals surface area contributed by atoms with Crippen LogP contribution in [0.5, 0.6) is 0 Å². The summed E-state index contributed by atoms with van der Waals surface area (Å²) in [7, 11) is 0. The Morgan fingerprint density at radius 2 is 2.00 bits per heavy atom. The Balaban J connectivity index is 0.00000300. The fourth-order valence-electron chi connectivity index (χ4n) is 2.72. The average molecular weight is 545 g/mol. The van der Waals surface area contributed by atoms with Crippen molar-refractivity contribution in [3.63, 3.8) is 0 Å². The van der Waals surface area contributed by atoms with E-state index in [0.29, 0.717) is 16.6 Å². The van der Waals surface area contributed by atoms with Gasteiger partial charge in [0.2, 0.25) is 0 Å². The van der Waals surface area contributed by atoms with Crippen LogP contribution in [0.4, 0.5) is 0 Å². The number of rotatable bonds is 6. The van der Waals surface area contributed by atoms with Crippen molar-refractivity contribution in [3.8, 4) is 11.4 Å². The van der Waals surface area contributed by atoms with Crippen LogP contribution < -0.4 is 10.6 Å². The molecular weight excluding hydrogens is 522 g/mol. The first-order chi connectivity index (χ1) is 13.6. The molecule has 0 aliphatic rings. The number of guanidine groups is 1. The minimum atomic E-state index is 0. The molecule has 0 fully saturated rings. The van der Waals surface area contributed by atoms with Crippen molar-refractivity contribution in [2.75, 3.05) is 6.54 Å². The molecular formula is C20H23Cl2IN6. The molecule has 0 spiro atoms. The molecule has 0 radical (unpaired) electrons. The van der Waals surface area contributed by atoms with Crippen LogP contribution in [0.2, 0.25) is 10.0 Å². The van der Waals surface area contributed by atoms with Crippen molar-refractivity contribution in [2.24, 2.45) is 4.99 Å². The minimum absolute atomic E-state index is 0. The largest absolute Gasteiger partial charge is 0.357 e. The lowest BCUT2D eigenvalue weighted by Crippen LogP contribution is -2.38. The predicted molar refractivity (Wildman–Crippen MR) is 130 cm³/mol. The second kappa shape index (κ2) is 11.4. The molecule has 3 aromatic rings. The molecule has 0 bridgehead atoms. The first-order valence-corrected chi connectivity index (χ1v) is 9.77. The fraction of sp³-hybridized carbons (Fsp3) is 0.250. The third-order valence-corrected chi connectivity index (χ3v) is 4.92. The van der Waals surface area contributed by atoms with Crippen molar-refractivity contribution in [1.82, 2.24) is 25.8 Å². The molecule has 0 saturated heterocycles. The molecule has 1 atom stereocenters. The highest BCUT2D eigenvalue weighted by Crippen LogP contribution is 2.25. The first-order valence-electron chi connectivity index (χ1n) is 9.01. The van der Waals surface area contributed by atoms with Crippen LogP contribution in [-0.4, -0.2) is 27.7 Å². The number of nitrogens with zero attached hydrogens (tertiary/aromatic N) is 3. The Morgan fingerprint density at radius 1 is 1.17 bits per heavy atom. The van der Waals surface area contributed by atoms with Gasteiger partial charge in [0.1, 0.15) is 6.33 Å². The standard InChI is InChI=1S/C20H22Cl2N6.HI/c1-3-23-20(27-13(2)15-7-8-17(21)18(22)10-15)24-11-14-5-4-6-16(9-14)19-25-12-26-28-19;/h4-10,12-13H,3,11H2,1-2H3,(H2,23,24,27)(H,25,26,28);1H. The van der Waals surface area contributed by atoms with Gasteiger partial charge in [-0.15, -0.1) is 24.0 Å². The number of aliphatic imine (C=N–C) groups is 1. The Labute approximate surface area is 197 Å². The van der Waals surface area contributed by atoms with Gasteiger partial charge < -0.3 is 10.6 Å². The summed E-state index contributed by atoms with van der Waals surface area (Å²) in [6, 6.07) is 13.7. The van der Waals surface area contributed by atoms with Crippen LogP contribution in [-0.2, 0) is 6.54 Å². The highest BCUT2D eigenvalue weighted by molar-refractivity contribution is 14.0. The maximum atomic E-state index is 6.14. The molecule has 9 heteroatoms. The van der Waals surface area contributed by atoms with Crippen LogP contribution in [0.25, 0.3) is 11.4 Å². The van der Waals surface area contributed by atoms with Gasteiger partial charge in [-0.2, -0.15) is 5.10 Å². The molecule has 0 amide bonds. The zero-order valence-electron chi connectivity index (χ0n) is 16.1. The van der Waals surface area contributed by atoms with Gasteiger partial charge in [-0.1, -0.05) is 47.5 Å². The number of H-pyrrole nitrogens is 1. The van der Waals surface area contributed by atoms with Crippen LogP contribution in [0.3, 0.4) is 0 Å². The Kier molecular flexibility index (Phi) is 9.19. The number of aromatic nitrogens is 3. The fourth-order valence-corrected chi connectivity index (χ4v) is 3.03. The molecule has 0 aliphatic carbocycles. The molecule has 1 unspecified atom stereocenters. The second-order valence-corrected chi connectivity index (χ2v) is 7.08. The van der Waals surface area contributed by atoms with Gasteiger partial charge in [0.05, 0.1) is 22.6 Å². The molecule has 29 heavy (non-hydrogen) atoms. The maximum absolute atomic E-state index is 6.14. The zero-order chi connectivity index (χ0) is 19.9. The highest BCUT2D eigenvalue weighted by atomic mass is 127. The van der Waals surface area contributed by atoms with Gasteiger partial charge in [0.25, 0.3) is 0 Å². The van der Waals surface area contributed by atoms with E-state index in [1.165, 1.54) is 6.33 Å². The summed E-state index contributed by atoms with van der Waals surface area (Å²) >= 11 is 12.1. The number of aromatic amines is 1. The third kappa shape index (κ3) is 6.58. The van der Waals surface area contributed by atoms with Gasteiger partial charge >= 0.3 is 0 Å². The van der Waals surface area contributed by atoms with E-state index in [0.717, 1.165) is 35.0 Å². The van der Waals surface area contributed by atoms with E-state index in [4.69, 9.17) is 28.2 Å². The molecule has 3 rings (SSSR count). The van der Waals surface area contributed by atoms with Crippen LogP contribution in [0.15, 0.2) is 53.8 Å². The molecule has 1 heterocycles. The summed E-state index contributed by atoms with van der Waals surface area (Å²) in [6.45, 7) is 5.38. The molecule has 3 N–H and O–H groups in total. The molecule has 6 nitrogen and oxygen atoms in total. The molecule has 154 valence electrons. The normalized spacial score (nSPS) is 12.2. The van der Waals surface area contributed by atoms with E-state index in [2.05, 4.69) is 38.8 Å². The first kappa shape index (κ1) is 23.4. The van der Waals surface area contributed by atoms with Crippen LogP contribution in [0.1, 0.15) is 31.0 Å². The quantitative estimate of drug-likeness (QED) is 0.226. The van der Waals surface area contributed by atoms with Gasteiger partial charge in [-0.05, 0) is 43.2 Å². The topological polar surface area (TPSA) is 78.0 Å². The van der Waals surface area contributed by atoms with E-state index < -0.39 is 0 Å². The van der Waals surface area contributed by atoms with Crippen molar-refractivity contribution >= 4 is 53.1 Å². The summed E-state index contributed by atoms with van der Waals surface area (Å²) in [5.74, 6) is 1.47. The molecule has 2 aromatic carbocycles. The van der Waals surface area contributed by atoms with E-state index in [-0.39, 0.29) is 30.0 Å². The number of nitrogens with one attached hydrogen (secondary N) is 3. The highest BCUT2D eigenvalue weighted by Gasteiger charge is 2.10. The molecule has 1 aromatic heterocycles. The van der Waals surface area contributed by atoms with Crippen LogP contribution >= 0.6 is 47.2 Å². The predicted octanol–water partition coefficient (Wildman–Crippen LogP) is 5.21. The second-order valence-electron chi connectivity index (χ2n) is 6.27. The Hall–Kier alpha value is -1.84. The van der Waals surface area contributed by atoms with E-state index >= 15 is 0 Å². The lowest BCUT2D eigenvalue weighted by atomic mass is 10.1. The number of hydrogen-bond acceptors (Lipinski definition) is 3. The lowest BCUT2D eigenvalue weighted by molar-refractivity contribution is 0.686.